The van der Waals surface area contributed by atoms with Crippen molar-refractivity contribution in [2.24, 2.45) is 0 Å². The van der Waals surface area contributed by atoms with E-state index in [0.717, 1.165) is 11.4 Å². The molecule has 1 saturated heterocycles. The van der Waals surface area contributed by atoms with Crippen LogP contribution in [0.5, 0.6) is 5.75 Å². The fraction of sp³-hybridized carbons (Fsp3) is 0.238. The van der Waals surface area contributed by atoms with Crippen LogP contribution in [0.2, 0.25) is 5.02 Å². The third kappa shape index (κ3) is 4.28. The Morgan fingerprint density at radius 3 is 2.63 bits per heavy atom. The molecule has 0 aliphatic carbocycles. The summed E-state index contributed by atoms with van der Waals surface area (Å²) in [5, 5.41) is 11.0. The summed E-state index contributed by atoms with van der Waals surface area (Å²) in [6.45, 7) is 2.91. The topological polar surface area (TPSA) is 97.6 Å². The number of amides is 2. The van der Waals surface area contributed by atoms with Crippen LogP contribution in [0.1, 0.15) is 35.5 Å². The van der Waals surface area contributed by atoms with Crippen LogP contribution in [0.25, 0.3) is 0 Å². The zero-order valence-electron chi connectivity index (χ0n) is 16.2. The summed E-state index contributed by atoms with van der Waals surface area (Å²) < 4.78 is 11.0. The summed E-state index contributed by atoms with van der Waals surface area (Å²) in [5.41, 5.74) is 1.19. The fourth-order valence-corrected chi connectivity index (χ4v) is 3.36. The van der Waals surface area contributed by atoms with Crippen molar-refractivity contribution in [2.45, 2.75) is 19.3 Å². The monoisotopic (exact) mass is 426 g/mol. The molecule has 2 heterocycles. The SMILES string of the molecule is CCOc1ccc(N2CC(c3nnc(NC(=O)c4ccc(Cl)cc4)o3)CC2=O)cc1. The van der Waals surface area contributed by atoms with E-state index in [9.17, 15) is 9.59 Å². The molecule has 30 heavy (non-hydrogen) atoms. The van der Waals surface area contributed by atoms with Crippen molar-refractivity contribution in [3.05, 3.63) is 65.0 Å². The van der Waals surface area contributed by atoms with E-state index < -0.39 is 0 Å². The zero-order valence-corrected chi connectivity index (χ0v) is 16.9. The van der Waals surface area contributed by atoms with Crippen LogP contribution in [0.4, 0.5) is 11.7 Å². The van der Waals surface area contributed by atoms with Crippen LogP contribution in [0.15, 0.2) is 52.9 Å². The minimum atomic E-state index is -0.389. The fourth-order valence-electron chi connectivity index (χ4n) is 3.23. The van der Waals surface area contributed by atoms with E-state index >= 15 is 0 Å². The molecule has 9 heteroatoms. The normalized spacial score (nSPS) is 16.0. The molecule has 2 amide bonds. The van der Waals surface area contributed by atoms with E-state index in [2.05, 4.69) is 15.5 Å². The van der Waals surface area contributed by atoms with Crippen molar-refractivity contribution in [3.63, 3.8) is 0 Å². The Labute approximate surface area is 177 Å². The first-order valence-electron chi connectivity index (χ1n) is 9.47. The van der Waals surface area contributed by atoms with Gasteiger partial charge in [0.2, 0.25) is 11.8 Å². The molecule has 0 radical (unpaired) electrons. The van der Waals surface area contributed by atoms with Gasteiger partial charge in [0, 0.05) is 29.2 Å². The molecular formula is C21H19ClN4O4. The Bertz CT molecular complexity index is 1050. The van der Waals surface area contributed by atoms with E-state index in [1.807, 2.05) is 31.2 Å². The van der Waals surface area contributed by atoms with Crippen molar-refractivity contribution in [1.29, 1.82) is 0 Å². The number of nitrogens with one attached hydrogen (secondary N) is 1. The second kappa shape index (κ2) is 8.54. The average molecular weight is 427 g/mol. The third-order valence-corrected chi connectivity index (χ3v) is 4.95. The number of nitrogens with zero attached hydrogens (tertiary/aromatic N) is 3. The standard InChI is InChI=1S/C21H19ClN4O4/c1-2-29-17-9-7-16(8-10-17)26-12-14(11-18(26)27)20-24-25-21(30-20)23-19(28)13-3-5-15(22)6-4-13/h3-10,14H,2,11-12H2,1H3,(H,23,25,28). The molecule has 4 rings (SSSR count). The highest BCUT2D eigenvalue weighted by atomic mass is 35.5. The molecule has 1 aliphatic heterocycles. The number of carbonyl (C=O) groups is 2. The summed E-state index contributed by atoms with van der Waals surface area (Å²) in [7, 11) is 0. The van der Waals surface area contributed by atoms with E-state index in [0.29, 0.717) is 29.6 Å². The van der Waals surface area contributed by atoms with E-state index in [-0.39, 0.29) is 30.2 Å². The molecule has 3 aromatic rings. The molecule has 0 bridgehead atoms. The number of anilines is 2. The highest BCUT2D eigenvalue weighted by Gasteiger charge is 2.35. The predicted molar refractivity (Wildman–Crippen MR) is 111 cm³/mol. The molecular weight excluding hydrogens is 408 g/mol. The molecule has 1 aromatic heterocycles. The van der Waals surface area contributed by atoms with Crippen molar-refractivity contribution >= 4 is 35.1 Å². The molecule has 1 unspecified atom stereocenters. The lowest BCUT2D eigenvalue weighted by Crippen LogP contribution is -2.24. The first-order valence-corrected chi connectivity index (χ1v) is 9.85. The Hall–Kier alpha value is -3.39. The molecule has 8 nitrogen and oxygen atoms in total. The van der Waals surface area contributed by atoms with Crippen molar-refractivity contribution < 1.29 is 18.7 Å². The first kappa shape index (κ1) is 19.9. The highest BCUT2D eigenvalue weighted by molar-refractivity contribution is 6.30. The molecule has 1 N–H and O–H groups in total. The van der Waals surface area contributed by atoms with Gasteiger partial charge in [-0.2, -0.15) is 0 Å². The Morgan fingerprint density at radius 1 is 1.20 bits per heavy atom. The minimum absolute atomic E-state index is 0.0167. The molecule has 1 atom stereocenters. The average Bonchev–Trinajstić information content (AvgIpc) is 3.36. The molecule has 154 valence electrons. The summed E-state index contributed by atoms with van der Waals surface area (Å²) in [4.78, 5) is 26.4. The van der Waals surface area contributed by atoms with E-state index in [1.54, 1.807) is 29.2 Å². The van der Waals surface area contributed by atoms with Crippen LogP contribution in [0, 0.1) is 0 Å². The van der Waals surface area contributed by atoms with Gasteiger partial charge in [0.05, 0.1) is 12.5 Å². The lowest BCUT2D eigenvalue weighted by molar-refractivity contribution is -0.117. The van der Waals surface area contributed by atoms with Gasteiger partial charge in [0.1, 0.15) is 5.75 Å². The maximum absolute atomic E-state index is 12.5. The Morgan fingerprint density at radius 2 is 1.93 bits per heavy atom. The van der Waals surface area contributed by atoms with Crippen molar-refractivity contribution in [2.75, 3.05) is 23.4 Å². The first-order chi connectivity index (χ1) is 14.5. The number of hydrogen-bond acceptors (Lipinski definition) is 6. The van der Waals surface area contributed by atoms with E-state index in [4.69, 9.17) is 20.8 Å². The smallest absolute Gasteiger partial charge is 0.322 e. The summed E-state index contributed by atoms with van der Waals surface area (Å²) in [6, 6.07) is 13.8. The van der Waals surface area contributed by atoms with Crippen LogP contribution in [0.3, 0.4) is 0 Å². The maximum atomic E-state index is 12.5. The van der Waals surface area contributed by atoms with Crippen LogP contribution in [-0.2, 0) is 4.79 Å². The largest absolute Gasteiger partial charge is 0.494 e. The molecule has 1 aliphatic rings. The third-order valence-electron chi connectivity index (χ3n) is 4.70. The molecule has 1 fully saturated rings. The number of ether oxygens (including phenoxy) is 1. The number of hydrogen-bond donors (Lipinski definition) is 1. The van der Waals surface area contributed by atoms with Crippen molar-refractivity contribution in [3.8, 4) is 5.75 Å². The minimum Gasteiger partial charge on any atom is -0.494 e. The lowest BCUT2D eigenvalue weighted by atomic mass is 10.1. The number of carbonyl (C=O) groups excluding carboxylic acids is 2. The molecule has 2 aromatic carbocycles. The second-order valence-electron chi connectivity index (χ2n) is 6.74. The number of benzene rings is 2. The van der Waals surface area contributed by atoms with Gasteiger partial charge in [-0.15, -0.1) is 5.10 Å². The van der Waals surface area contributed by atoms with Gasteiger partial charge in [0.15, 0.2) is 0 Å². The van der Waals surface area contributed by atoms with Gasteiger partial charge >= 0.3 is 6.01 Å². The van der Waals surface area contributed by atoms with Gasteiger partial charge in [-0.05, 0) is 55.5 Å². The second-order valence-corrected chi connectivity index (χ2v) is 7.18. The van der Waals surface area contributed by atoms with Crippen LogP contribution in [-0.4, -0.2) is 35.2 Å². The Balaban J connectivity index is 1.41. The quantitative estimate of drug-likeness (QED) is 0.642. The van der Waals surface area contributed by atoms with Gasteiger partial charge in [-0.25, -0.2) is 0 Å². The van der Waals surface area contributed by atoms with Crippen LogP contribution < -0.4 is 15.0 Å². The van der Waals surface area contributed by atoms with Gasteiger partial charge in [-0.1, -0.05) is 16.7 Å². The number of aromatic nitrogens is 2. The number of rotatable bonds is 6. The van der Waals surface area contributed by atoms with Gasteiger partial charge < -0.3 is 14.1 Å². The summed E-state index contributed by atoms with van der Waals surface area (Å²) >= 11 is 5.83. The summed E-state index contributed by atoms with van der Waals surface area (Å²) in [6.07, 6.45) is 0.250. The molecule has 0 spiro atoms. The van der Waals surface area contributed by atoms with Gasteiger partial charge in [0.25, 0.3) is 5.91 Å². The predicted octanol–water partition coefficient (Wildman–Crippen LogP) is 3.89. The Kier molecular flexibility index (Phi) is 5.67. The summed E-state index contributed by atoms with van der Waals surface area (Å²) in [5.74, 6) is 0.387. The maximum Gasteiger partial charge on any atom is 0.322 e. The van der Waals surface area contributed by atoms with Gasteiger partial charge in [-0.3, -0.25) is 14.9 Å². The highest BCUT2D eigenvalue weighted by Crippen LogP contribution is 2.32. The molecule has 0 saturated carbocycles. The number of halogens is 1. The van der Waals surface area contributed by atoms with Crippen LogP contribution >= 0.6 is 11.6 Å². The van der Waals surface area contributed by atoms with E-state index in [1.165, 1.54) is 0 Å². The van der Waals surface area contributed by atoms with Crippen molar-refractivity contribution in [1.82, 2.24) is 10.2 Å². The zero-order chi connectivity index (χ0) is 21.1. The lowest BCUT2D eigenvalue weighted by Gasteiger charge is -2.16.